The first kappa shape index (κ1) is 12.3. The van der Waals surface area contributed by atoms with Gasteiger partial charge in [-0.3, -0.25) is 4.79 Å². The van der Waals surface area contributed by atoms with Gasteiger partial charge in [0.1, 0.15) is 5.56 Å². The second kappa shape index (κ2) is 4.77. The van der Waals surface area contributed by atoms with Crippen LogP contribution in [0.1, 0.15) is 21.5 Å². The fourth-order valence-corrected chi connectivity index (χ4v) is 2.23. The highest BCUT2D eigenvalue weighted by Crippen LogP contribution is 2.16. The molecule has 1 N–H and O–H groups in total. The van der Waals surface area contributed by atoms with Crippen LogP contribution in [0.4, 0.5) is 5.69 Å². The molecule has 0 radical (unpaired) electrons. The molecule has 0 unspecified atom stereocenters. The summed E-state index contributed by atoms with van der Waals surface area (Å²) < 4.78 is 1.58. The Morgan fingerprint density at radius 3 is 2.70 bits per heavy atom. The van der Waals surface area contributed by atoms with Gasteiger partial charge in [-0.15, -0.1) is 0 Å². The molecular weight excluding hydrogens is 252 g/mol. The summed E-state index contributed by atoms with van der Waals surface area (Å²) in [5.41, 5.74) is 4.01. The number of aromatic nitrogens is 3. The Bertz CT molecular complexity index is 771. The number of aryl methyl sites for hydroxylation is 2. The number of rotatable bonds is 2. The van der Waals surface area contributed by atoms with Gasteiger partial charge in [-0.05, 0) is 43.2 Å². The summed E-state index contributed by atoms with van der Waals surface area (Å²) in [6.45, 7) is 4.00. The molecule has 1 amide bonds. The normalized spacial score (nSPS) is 10.7. The molecular formula is C15H14N4O. The van der Waals surface area contributed by atoms with Crippen LogP contribution in [0.2, 0.25) is 0 Å². The third kappa shape index (κ3) is 2.25. The van der Waals surface area contributed by atoms with Crippen LogP contribution in [0.15, 0.2) is 42.9 Å². The Labute approximate surface area is 116 Å². The third-order valence-electron chi connectivity index (χ3n) is 3.00. The zero-order valence-corrected chi connectivity index (χ0v) is 11.3. The Hall–Kier alpha value is -2.69. The molecule has 0 saturated carbocycles. The highest BCUT2D eigenvalue weighted by molar-refractivity contribution is 6.08. The van der Waals surface area contributed by atoms with Crippen LogP contribution in [0.5, 0.6) is 0 Å². The molecule has 0 fully saturated rings. The van der Waals surface area contributed by atoms with E-state index in [4.69, 9.17) is 0 Å². The summed E-state index contributed by atoms with van der Waals surface area (Å²) in [6, 6.07) is 7.70. The zero-order valence-electron chi connectivity index (χ0n) is 11.3. The van der Waals surface area contributed by atoms with E-state index < -0.39 is 0 Å². The molecule has 0 saturated heterocycles. The van der Waals surface area contributed by atoms with E-state index >= 15 is 0 Å². The van der Waals surface area contributed by atoms with E-state index in [9.17, 15) is 4.79 Å². The smallest absolute Gasteiger partial charge is 0.261 e. The summed E-state index contributed by atoms with van der Waals surface area (Å²) >= 11 is 0. The quantitative estimate of drug-likeness (QED) is 0.775. The van der Waals surface area contributed by atoms with E-state index in [0.29, 0.717) is 11.2 Å². The lowest BCUT2D eigenvalue weighted by molar-refractivity contribution is 0.102. The van der Waals surface area contributed by atoms with Crippen LogP contribution in [0, 0.1) is 13.8 Å². The van der Waals surface area contributed by atoms with Crippen molar-refractivity contribution < 1.29 is 4.79 Å². The lowest BCUT2D eigenvalue weighted by Gasteiger charge is -2.06. The number of anilines is 1. The van der Waals surface area contributed by atoms with Crippen molar-refractivity contribution in [2.24, 2.45) is 0 Å². The first-order valence-electron chi connectivity index (χ1n) is 6.31. The fraction of sp³-hybridized carbons (Fsp3) is 0.133. The molecule has 100 valence electrons. The number of fused-ring (bicyclic) bond motifs is 1. The summed E-state index contributed by atoms with van der Waals surface area (Å²) in [7, 11) is 0. The topological polar surface area (TPSA) is 59.3 Å². The van der Waals surface area contributed by atoms with Gasteiger partial charge < -0.3 is 5.32 Å². The summed E-state index contributed by atoms with van der Waals surface area (Å²) in [5.74, 6) is -0.205. The van der Waals surface area contributed by atoms with Crippen molar-refractivity contribution in [3.05, 3.63) is 59.5 Å². The van der Waals surface area contributed by atoms with E-state index in [0.717, 1.165) is 16.8 Å². The molecule has 3 rings (SSSR count). The van der Waals surface area contributed by atoms with Crippen molar-refractivity contribution in [1.29, 1.82) is 0 Å². The summed E-state index contributed by atoms with van der Waals surface area (Å²) in [6.07, 6.45) is 4.93. The molecule has 0 aliphatic carbocycles. The number of nitrogens with zero attached hydrogens (tertiary/aromatic N) is 3. The number of hydrogen-bond donors (Lipinski definition) is 1. The summed E-state index contributed by atoms with van der Waals surface area (Å²) in [4.78, 5) is 16.5. The second-order valence-corrected chi connectivity index (χ2v) is 4.78. The minimum Gasteiger partial charge on any atom is -0.322 e. The molecule has 2 heterocycles. The van der Waals surface area contributed by atoms with Crippen LogP contribution >= 0.6 is 0 Å². The molecule has 5 heteroatoms. The Morgan fingerprint density at radius 2 is 1.95 bits per heavy atom. The van der Waals surface area contributed by atoms with E-state index in [-0.39, 0.29) is 5.91 Å². The van der Waals surface area contributed by atoms with E-state index in [1.54, 1.807) is 23.0 Å². The van der Waals surface area contributed by atoms with Crippen molar-refractivity contribution in [1.82, 2.24) is 14.6 Å². The number of nitrogens with one attached hydrogen (secondary N) is 1. The van der Waals surface area contributed by atoms with Crippen molar-refractivity contribution in [2.45, 2.75) is 13.8 Å². The van der Waals surface area contributed by atoms with Crippen LogP contribution in [-0.2, 0) is 0 Å². The minimum absolute atomic E-state index is 0.205. The second-order valence-electron chi connectivity index (χ2n) is 4.78. The summed E-state index contributed by atoms with van der Waals surface area (Å²) in [5, 5.41) is 7.00. The van der Waals surface area contributed by atoms with Crippen LogP contribution in [0.3, 0.4) is 0 Å². The maximum atomic E-state index is 12.3. The standard InChI is InChI=1S/C15H14N4O/c1-10-6-11(2)8-12(7-10)18-15(20)13-9-17-19-5-3-4-16-14(13)19/h3-9H,1-2H3,(H,18,20). The zero-order chi connectivity index (χ0) is 14.1. The van der Waals surface area contributed by atoms with Crippen LogP contribution < -0.4 is 5.32 Å². The van der Waals surface area contributed by atoms with Gasteiger partial charge in [0.05, 0.1) is 6.20 Å². The largest absolute Gasteiger partial charge is 0.322 e. The Balaban J connectivity index is 1.93. The molecule has 0 atom stereocenters. The van der Waals surface area contributed by atoms with Gasteiger partial charge in [0, 0.05) is 18.1 Å². The maximum Gasteiger partial charge on any atom is 0.261 e. The average Bonchev–Trinajstić information content (AvgIpc) is 2.81. The Kier molecular flexibility index (Phi) is 2.95. The number of benzene rings is 1. The van der Waals surface area contributed by atoms with Crippen LogP contribution in [-0.4, -0.2) is 20.5 Å². The molecule has 0 spiro atoms. The van der Waals surface area contributed by atoms with Gasteiger partial charge in [-0.2, -0.15) is 5.10 Å². The van der Waals surface area contributed by atoms with Crippen molar-refractivity contribution >= 4 is 17.2 Å². The molecule has 2 aromatic heterocycles. The molecule has 0 bridgehead atoms. The number of amides is 1. The van der Waals surface area contributed by atoms with Gasteiger partial charge in [-0.1, -0.05) is 6.07 Å². The first-order valence-corrected chi connectivity index (χ1v) is 6.31. The maximum absolute atomic E-state index is 12.3. The predicted molar refractivity (Wildman–Crippen MR) is 76.9 cm³/mol. The van der Waals surface area contributed by atoms with E-state index in [1.165, 1.54) is 6.20 Å². The van der Waals surface area contributed by atoms with Crippen molar-refractivity contribution in [3.63, 3.8) is 0 Å². The van der Waals surface area contributed by atoms with Gasteiger partial charge in [0.15, 0.2) is 5.65 Å². The highest BCUT2D eigenvalue weighted by atomic mass is 16.1. The van der Waals surface area contributed by atoms with Gasteiger partial charge >= 0.3 is 0 Å². The third-order valence-corrected chi connectivity index (χ3v) is 3.00. The fourth-order valence-electron chi connectivity index (χ4n) is 2.23. The number of hydrogen-bond acceptors (Lipinski definition) is 3. The molecule has 20 heavy (non-hydrogen) atoms. The molecule has 3 aromatic rings. The lowest BCUT2D eigenvalue weighted by atomic mass is 10.1. The van der Waals surface area contributed by atoms with Crippen molar-refractivity contribution in [2.75, 3.05) is 5.32 Å². The van der Waals surface area contributed by atoms with Crippen LogP contribution in [0.25, 0.3) is 5.65 Å². The molecule has 1 aromatic carbocycles. The van der Waals surface area contributed by atoms with Gasteiger partial charge in [-0.25, -0.2) is 9.50 Å². The molecule has 5 nitrogen and oxygen atoms in total. The van der Waals surface area contributed by atoms with Gasteiger partial charge in [0.2, 0.25) is 0 Å². The number of carbonyl (C=O) groups is 1. The predicted octanol–water partition coefficient (Wildman–Crippen LogP) is 2.60. The highest BCUT2D eigenvalue weighted by Gasteiger charge is 2.13. The number of carbonyl (C=O) groups excluding carboxylic acids is 1. The van der Waals surface area contributed by atoms with Gasteiger partial charge in [0.25, 0.3) is 5.91 Å². The SMILES string of the molecule is Cc1cc(C)cc(NC(=O)c2cnn3cccnc23)c1. The molecule has 0 aliphatic rings. The Morgan fingerprint density at radius 1 is 1.20 bits per heavy atom. The van der Waals surface area contributed by atoms with E-state index in [1.807, 2.05) is 26.0 Å². The monoisotopic (exact) mass is 266 g/mol. The first-order chi connectivity index (χ1) is 9.63. The average molecular weight is 266 g/mol. The van der Waals surface area contributed by atoms with Crippen molar-refractivity contribution in [3.8, 4) is 0 Å². The van der Waals surface area contributed by atoms with E-state index in [2.05, 4.69) is 21.5 Å². The lowest BCUT2D eigenvalue weighted by Crippen LogP contribution is -2.12. The molecule has 0 aliphatic heterocycles. The minimum atomic E-state index is -0.205.